The zero-order valence-electron chi connectivity index (χ0n) is 11.0. The topological polar surface area (TPSA) is 21.3 Å². The van der Waals surface area contributed by atoms with Gasteiger partial charge in [-0.15, -0.1) is 0 Å². The Labute approximate surface area is 101 Å². The van der Waals surface area contributed by atoms with Crippen LogP contribution in [-0.4, -0.2) is 25.8 Å². The van der Waals surface area contributed by atoms with Crippen LogP contribution < -0.4 is 5.32 Å². The largest absolute Gasteiger partial charge is 0.381 e. The van der Waals surface area contributed by atoms with Crippen molar-refractivity contribution in [3.8, 4) is 0 Å². The molecule has 0 radical (unpaired) electrons. The van der Waals surface area contributed by atoms with Crippen molar-refractivity contribution >= 4 is 0 Å². The molecule has 96 valence electrons. The molecule has 0 amide bonds. The summed E-state index contributed by atoms with van der Waals surface area (Å²) >= 11 is 0. The Morgan fingerprint density at radius 1 is 1.00 bits per heavy atom. The van der Waals surface area contributed by atoms with E-state index in [0.717, 1.165) is 25.8 Å². The Bertz CT molecular complexity index is 144. The molecule has 0 spiro atoms. The van der Waals surface area contributed by atoms with Crippen molar-refractivity contribution < 1.29 is 4.74 Å². The van der Waals surface area contributed by atoms with Gasteiger partial charge in [-0.3, -0.25) is 0 Å². The van der Waals surface area contributed by atoms with Gasteiger partial charge < -0.3 is 10.1 Å². The smallest absolute Gasteiger partial charge is 0.0478 e. The summed E-state index contributed by atoms with van der Waals surface area (Å²) in [6.07, 6.45) is 12.0. The highest BCUT2D eigenvalue weighted by Crippen LogP contribution is 2.17. The summed E-state index contributed by atoms with van der Waals surface area (Å²) in [6, 6.07) is 0.800. The van der Waals surface area contributed by atoms with Crippen molar-refractivity contribution in [1.82, 2.24) is 5.32 Å². The summed E-state index contributed by atoms with van der Waals surface area (Å²) < 4.78 is 5.59. The van der Waals surface area contributed by atoms with Gasteiger partial charge in [-0.1, -0.05) is 39.0 Å². The predicted molar refractivity (Wildman–Crippen MR) is 69.8 cm³/mol. The first kappa shape index (κ1) is 14.0. The number of unbranched alkanes of at least 4 members (excludes halogenated alkanes) is 2. The van der Waals surface area contributed by atoms with Gasteiger partial charge >= 0.3 is 0 Å². The van der Waals surface area contributed by atoms with E-state index in [2.05, 4.69) is 12.2 Å². The summed E-state index contributed by atoms with van der Waals surface area (Å²) in [5.41, 5.74) is 0. The zero-order chi connectivity index (χ0) is 11.5. The number of nitrogens with one attached hydrogen (secondary N) is 1. The Hall–Kier alpha value is -0.0800. The third-order valence-corrected chi connectivity index (χ3v) is 3.40. The number of hydrogen-bond donors (Lipinski definition) is 1. The van der Waals surface area contributed by atoms with E-state index in [9.17, 15) is 0 Å². The first-order valence-corrected chi connectivity index (χ1v) is 7.24. The van der Waals surface area contributed by atoms with Crippen molar-refractivity contribution in [3.63, 3.8) is 0 Å². The van der Waals surface area contributed by atoms with Crippen LogP contribution in [0.25, 0.3) is 0 Å². The minimum absolute atomic E-state index is 0.800. The Kier molecular flexibility index (Phi) is 8.83. The van der Waals surface area contributed by atoms with Gasteiger partial charge in [-0.2, -0.15) is 0 Å². The standard InChI is InChI=1S/C14H29NO/c1-2-3-7-12-16-13-8-11-15-14-9-5-4-6-10-14/h14-15H,2-13H2,1H3. The van der Waals surface area contributed by atoms with Gasteiger partial charge in [-0.05, 0) is 32.2 Å². The summed E-state index contributed by atoms with van der Waals surface area (Å²) in [5, 5.41) is 3.64. The maximum Gasteiger partial charge on any atom is 0.0478 e. The molecule has 0 saturated heterocycles. The minimum Gasteiger partial charge on any atom is -0.381 e. The van der Waals surface area contributed by atoms with E-state index in [-0.39, 0.29) is 0 Å². The second kappa shape index (κ2) is 10.1. The molecule has 0 bridgehead atoms. The molecule has 1 rings (SSSR count). The molecule has 0 aromatic rings. The molecule has 0 aliphatic heterocycles. The van der Waals surface area contributed by atoms with E-state index in [4.69, 9.17) is 4.74 Å². The van der Waals surface area contributed by atoms with Crippen molar-refractivity contribution in [1.29, 1.82) is 0 Å². The van der Waals surface area contributed by atoms with Gasteiger partial charge in [0.2, 0.25) is 0 Å². The SMILES string of the molecule is CCCCCOCCCNC1CCCCC1. The molecule has 0 heterocycles. The van der Waals surface area contributed by atoms with Crippen molar-refractivity contribution in [2.24, 2.45) is 0 Å². The average molecular weight is 227 g/mol. The van der Waals surface area contributed by atoms with E-state index < -0.39 is 0 Å². The summed E-state index contributed by atoms with van der Waals surface area (Å²) in [5.74, 6) is 0. The fraction of sp³-hybridized carbons (Fsp3) is 1.00. The van der Waals surface area contributed by atoms with Crippen LogP contribution in [0, 0.1) is 0 Å². The lowest BCUT2D eigenvalue weighted by molar-refractivity contribution is 0.126. The second-order valence-electron chi connectivity index (χ2n) is 4.96. The maximum absolute atomic E-state index is 5.59. The molecule has 2 nitrogen and oxygen atoms in total. The summed E-state index contributed by atoms with van der Waals surface area (Å²) in [4.78, 5) is 0. The molecular weight excluding hydrogens is 198 g/mol. The lowest BCUT2D eigenvalue weighted by Gasteiger charge is -2.22. The fourth-order valence-electron chi connectivity index (χ4n) is 2.34. The maximum atomic E-state index is 5.59. The lowest BCUT2D eigenvalue weighted by Crippen LogP contribution is -2.32. The van der Waals surface area contributed by atoms with Gasteiger partial charge in [0.05, 0.1) is 0 Å². The second-order valence-corrected chi connectivity index (χ2v) is 4.96. The van der Waals surface area contributed by atoms with Crippen LogP contribution in [0.2, 0.25) is 0 Å². The Morgan fingerprint density at radius 2 is 1.75 bits per heavy atom. The van der Waals surface area contributed by atoms with Crippen LogP contribution in [0.1, 0.15) is 64.7 Å². The van der Waals surface area contributed by atoms with Gasteiger partial charge in [0, 0.05) is 19.3 Å². The number of ether oxygens (including phenoxy) is 1. The van der Waals surface area contributed by atoms with Crippen LogP contribution in [-0.2, 0) is 4.74 Å². The molecule has 0 aromatic heterocycles. The Balaban J connectivity index is 1.77. The molecule has 1 N–H and O–H groups in total. The van der Waals surface area contributed by atoms with Crippen molar-refractivity contribution in [2.75, 3.05) is 19.8 Å². The monoisotopic (exact) mass is 227 g/mol. The third kappa shape index (κ3) is 7.24. The first-order chi connectivity index (χ1) is 7.93. The van der Waals surface area contributed by atoms with E-state index in [0.29, 0.717) is 0 Å². The van der Waals surface area contributed by atoms with E-state index >= 15 is 0 Å². The summed E-state index contributed by atoms with van der Waals surface area (Å²) in [6.45, 7) is 5.26. The molecule has 0 unspecified atom stereocenters. The van der Waals surface area contributed by atoms with Gasteiger partial charge in [0.15, 0.2) is 0 Å². The predicted octanol–water partition coefficient (Wildman–Crippen LogP) is 3.51. The van der Waals surface area contributed by atoms with E-state index in [1.807, 2.05) is 0 Å². The van der Waals surface area contributed by atoms with Crippen LogP contribution in [0.4, 0.5) is 0 Å². The fourth-order valence-corrected chi connectivity index (χ4v) is 2.34. The quantitative estimate of drug-likeness (QED) is 0.609. The zero-order valence-corrected chi connectivity index (χ0v) is 11.0. The highest BCUT2D eigenvalue weighted by Gasteiger charge is 2.11. The third-order valence-electron chi connectivity index (χ3n) is 3.40. The molecule has 16 heavy (non-hydrogen) atoms. The Morgan fingerprint density at radius 3 is 2.50 bits per heavy atom. The van der Waals surface area contributed by atoms with Crippen LogP contribution in [0.5, 0.6) is 0 Å². The van der Waals surface area contributed by atoms with Crippen LogP contribution >= 0.6 is 0 Å². The van der Waals surface area contributed by atoms with E-state index in [1.54, 1.807) is 0 Å². The molecule has 0 atom stereocenters. The number of rotatable bonds is 9. The molecule has 1 aliphatic carbocycles. The van der Waals surface area contributed by atoms with Crippen molar-refractivity contribution in [2.45, 2.75) is 70.8 Å². The average Bonchev–Trinajstić information content (AvgIpc) is 2.34. The van der Waals surface area contributed by atoms with Gasteiger partial charge in [0.1, 0.15) is 0 Å². The molecule has 0 aromatic carbocycles. The highest BCUT2D eigenvalue weighted by molar-refractivity contribution is 4.71. The van der Waals surface area contributed by atoms with Crippen LogP contribution in [0.3, 0.4) is 0 Å². The molecule has 1 aliphatic rings. The molecule has 2 heteroatoms. The first-order valence-electron chi connectivity index (χ1n) is 7.24. The highest BCUT2D eigenvalue weighted by atomic mass is 16.5. The molecule has 1 saturated carbocycles. The molecule has 1 fully saturated rings. The lowest BCUT2D eigenvalue weighted by atomic mass is 9.95. The number of hydrogen-bond acceptors (Lipinski definition) is 2. The van der Waals surface area contributed by atoms with Gasteiger partial charge in [0.25, 0.3) is 0 Å². The minimum atomic E-state index is 0.800. The van der Waals surface area contributed by atoms with Gasteiger partial charge in [-0.25, -0.2) is 0 Å². The normalized spacial score (nSPS) is 17.8. The van der Waals surface area contributed by atoms with Crippen molar-refractivity contribution in [3.05, 3.63) is 0 Å². The van der Waals surface area contributed by atoms with E-state index in [1.165, 1.54) is 57.8 Å². The molecular formula is C14H29NO. The van der Waals surface area contributed by atoms with Crippen LogP contribution in [0.15, 0.2) is 0 Å². The summed E-state index contributed by atoms with van der Waals surface area (Å²) in [7, 11) is 0.